The van der Waals surface area contributed by atoms with Gasteiger partial charge in [0.15, 0.2) is 0 Å². The molecule has 178 valence electrons. The zero-order chi connectivity index (χ0) is 24.3. The molecule has 1 amide bonds. The minimum atomic E-state index is -0.965. The summed E-state index contributed by atoms with van der Waals surface area (Å²) < 4.78 is 6.13. The minimum absolute atomic E-state index is 0.115. The topological polar surface area (TPSA) is 49.8 Å². The molecule has 1 saturated heterocycles. The van der Waals surface area contributed by atoms with Gasteiger partial charge < -0.3 is 14.7 Å². The average Bonchev–Trinajstić information content (AvgIpc) is 2.83. The molecule has 2 atom stereocenters. The molecular weight excluding hydrogens is 442 g/mol. The maximum Gasteiger partial charge on any atom is 0.411 e. The summed E-state index contributed by atoms with van der Waals surface area (Å²) in [6.07, 6.45) is 2.70. The Morgan fingerprint density at radius 3 is 2.12 bits per heavy atom. The normalized spacial score (nSPS) is 19.6. The highest BCUT2D eigenvalue weighted by Crippen LogP contribution is 2.42. The maximum atomic E-state index is 13.3. The summed E-state index contributed by atoms with van der Waals surface area (Å²) in [5.74, 6) is 0. The second-order valence-electron chi connectivity index (χ2n) is 9.69. The lowest BCUT2D eigenvalue weighted by atomic mass is 9.80. The van der Waals surface area contributed by atoms with E-state index in [1.165, 1.54) is 10.5 Å². The molecule has 1 N–H and O–H groups in total. The van der Waals surface area contributed by atoms with Crippen molar-refractivity contribution < 1.29 is 14.6 Å². The fraction of sp³-hybridized carbons (Fsp3) is 0.345. The zero-order valence-corrected chi connectivity index (χ0v) is 21.1. The van der Waals surface area contributed by atoms with Gasteiger partial charge in [0.1, 0.15) is 5.60 Å². The zero-order valence-electron chi connectivity index (χ0n) is 20.3. The van der Waals surface area contributed by atoms with E-state index in [-0.39, 0.29) is 12.1 Å². The molecule has 2 unspecified atom stereocenters. The van der Waals surface area contributed by atoms with Crippen molar-refractivity contribution in [1.29, 1.82) is 0 Å². The van der Waals surface area contributed by atoms with Gasteiger partial charge in [0.05, 0.1) is 11.6 Å². The van der Waals surface area contributed by atoms with Crippen molar-refractivity contribution in [3.8, 4) is 11.1 Å². The quantitative estimate of drug-likeness (QED) is 0.373. The molecule has 5 heteroatoms. The van der Waals surface area contributed by atoms with Gasteiger partial charge in [-0.1, -0.05) is 66.7 Å². The van der Waals surface area contributed by atoms with Gasteiger partial charge in [-0.2, -0.15) is 0 Å². The number of nitrogens with zero attached hydrogens (tertiary/aromatic N) is 1. The minimum Gasteiger partial charge on any atom is -0.438 e. The highest BCUT2D eigenvalue weighted by molar-refractivity contribution is 7.98. The van der Waals surface area contributed by atoms with Gasteiger partial charge >= 0.3 is 6.09 Å². The summed E-state index contributed by atoms with van der Waals surface area (Å²) in [5, 5.41) is 10.6. The Bertz CT molecular complexity index is 1110. The van der Waals surface area contributed by atoms with E-state index in [1.54, 1.807) is 30.5 Å². The molecule has 0 saturated carbocycles. The number of rotatable bonds is 7. The first-order valence-corrected chi connectivity index (χ1v) is 13.0. The van der Waals surface area contributed by atoms with E-state index in [9.17, 15) is 9.90 Å². The van der Waals surface area contributed by atoms with Gasteiger partial charge in [-0.15, -0.1) is 11.8 Å². The second kappa shape index (κ2) is 9.85. The lowest BCUT2D eigenvalue weighted by Gasteiger charge is -2.45. The number of benzene rings is 3. The average molecular weight is 476 g/mol. The van der Waals surface area contributed by atoms with E-state index in [4.69, 9.17) is 4.74 Å². The van der Waals surface area contributed by atoms with E-state index >= 15 is 0 Å². The molecule has 1 fully saturated rings. The Morgan fingerprint density at radius 1 is 1.00 bits per heavy atom. The van der Waals surface area contributed by atoms with Crippen LogP contribution < -0.4 is 0 Å². The molecule has 0 aromatic heterocycles. The van der Waals surface area contributed by atoms with E-state index in [0.29, 0.717) is 19.4 Å². The standard InChI is InChI=1S/C29H33NO3S/c1-21(22-10-12-23(13-11-22)24-14-16-26(34-4)17-15-24)30-19-18-29(33-27(30)31,20-28(2,3)32)25-8-6-5-7-9-25/h5-17,21,32H,18-20H2,1-4H3. The molecule has 1 aliphatic heterocycles. The second-order valence-corrected chi connectivity index (χ2v) is 10.6. The van der Waals surface area contributed by atoms with Crippen LogP contribution in [0.25, 0.3) is 11.1 Å². The largest absolute Gasteiger partial charge is 0.438 e. The van der Waals surface area contributed by atoms with Crippen LogP contribution in [0.3, 0.4) is 0 Å². The van der Waals surface area contributed by atoms with Gasteiger partial charge in [-0.05, 0) is 61.4 Å². The van der Waals surface area contributed by atoms with Gasteiger partial charge in [0.25, 0.3) is 0 Å². The Hall–Kier alpha value is -2.76. The van der Waals surface area contributed by atoms with E-state index in [1.807, 2.05) is 37.3 Å². The van der Waals surface area contributed by atoms with Crippen molar-refractivity contribution in [1.82, 2.24) is 4.90 Å². The predicted molar refractivity (Wildman–Crippen MR) is 139 cm³/mol. The first-order chi connectivity index (χ1) is 16.2. The van der Waals surface area contributed by atoms with Gasteiger partial charge in [0, 0.05) is 24.3 Å². The molecule has 34 heavy (non-hydrogen) atoms. The van der Waals surface area contributed by atoms with Crippen LogP contribution >= 0.6 is 11.8 Å². The molecule has 4 rings (SSSR count). The summed E-state index contributed by atoms with van der Waals surface area (Å²) in [7, 11) is 0. The molecule has 0 spiro atoms. The molecule has 4 nitrogen and oxygen atoms in total. The Kier molecular flexibility index (Phi) is 7.06. The Morgan fingerprint density at radius 2 is 1.59 bits per heavy atom. The SMILES string of the molecule is CSc1ccc(-c2ccc(C(C)N3CCC(CC(C)(C)O)(c4ccccc4)OC3=O)cc2)cc1. The number of ether oxygens (including phenoxy) is 1. The predicted octanol–water partition coefficient (Wildman–Crippen LogP) is 7.04. The lowest BCUT2D eigenvalue weighted by Crippen LogP contribution is -2.51. The van der Waals surface area contributed by atoms with Crippen LogP contribution in [-0.2, 0) is 10.3 Å². The van der Waals surface area contributed by atoms with Gasteiger partial charge in [-0.3, -0.25) is 0 Å². The number of carbonyl (C=O) groups excluding carboxylic acids is 1. The van der Waals surface area contributed by atoms with Gasteiger partial charge in [-0.25, -0.2) is 4.79 Å². The van der Waals surface area contributed by atoms with E-state index in [2.05, 4.69) is 54.8 Å². The third-order valence-electron chi connectivity index (χ3n) is 6.58. The highest BCUT2D eigenvalue weighted by Gasteiger charge is 2.46. The number of cyclic esters (lactones) is 1. The molecule has 3 aromatic carbocycles. The van der Waals surface area contributed by atoms with Crippen LogP contribution in [0, 0.1) is 0 Å². The van der Waals surface area contributed by atoms with Crippen molar-refractivity contribution >= 4 is 17.9 Å². The third-order valence-corrected chi connectivity index (χ3v) is 7.32. The van der Waals surface area contributed by atoms with Crippen LogP contribution in [0.15, 0.2) is 83.8 Å². The molecule has 3 aromatic rings. The molecule has 1 aliphatic rings. The van der Waals surface area contributed by atoms with E-state index in [0.717, 1.165) is 16.7 Å². The summed E-state index contributed by atoms with van der Waals surface area (Å²) in [6, 6.07) is 26.6. The molecule has 0 radical (unpaired) electrons. The molecule has 0 aliphatic carbocycles. The number of thioether (sulfide) groups is 1. The van der Waals surface area contributed by atoms with Gasteiger partial charge in [0.2, 0.25) is 0 Å². The summed E-state index contributed by atoms with van der Waals surface area (Å²) >= 11 is 1.73. The van der Waals surface area contributed by atoms with Crippen molar-refractivity contribution in [2.75, 3.05) is 12.8 Å². The molecule has 1 heterocycles. The van der Waals surface area contributed by atoms with Crippen LogP contribution in [0.1, 0.15) is 50.8 Å². The monoisotopic (exact) mass is 475 g/mol. The first-order valence-electron chi connectivity index (χ1n) is 11.7. The highest BCUT2D eigenvalue weighted by atomic mass is 32.2. The number of carbonyl (C=O) groups is 1. The van der Waals surface area contributed by atoms with Crippen molar-refractivity contribution in [2.45, 2.75) is 55.8 Å². The Labute approximate surface area is 207 Å². The summed E-state index contributed by atoms with van der Waals surface area (Å²) in [4.78, 5) is 16.3. The fourth-order valence-corrected chi connectivity index (χ4v) is 5.22. The summed E-state index contributed by atoms with van der Waals surface area (Å²) in [6.45, 7) is 6.12. The maximum absolute atomic E-state index is 13.3. The summed E-state index contributed by atoms with van der Waals surface area (Å²) in [5.41, 5.74) is 2.52. The Balaban J connectivity index is 1.51. The molecular formula is C29H33NO3S. The smallest absolute Gasteiger partial charge is 0.411 e. The first kappa shape index (κ1) is 24.4. The number of hydrogen-bond acceptors (Lipinski definition) is 4. The van der Waals surface area contributed by atoms with Crippen molar-refractivity contribution in [3.05, 3.63) is 90.0 Å². The fourth-order valence-electron chi connectivity index (χ4n) is 4.81. The lowest BCUT2D eigenvalue weighted by molar-refractivity contribution is -0.101. The number of amides is 1. The van der Waals surface area contributed by atoms with Crippen LogP contribution in [0.5, 0.6) is 0 Å². The third kappa shape index (κ3) is 5.31. The van der Waals surface area contributed by atoms with Crippen LogP contribution in [0.4, 0.5) is 4.79 Å². The van der Waals surface area contributed by atoms with Crippen molar-refractivity contribution in [2.24, 2.45) is 0 Å². The number of aliphatic hydroxyl groups is 1. The molecule has 0 bridgehead atoms. The van der Waals surface area contributed by atoms with Crippen LogP contribution in [-0.4, -0.2) is 34.5 Å². The van der Waals surface area contributed by atoms with Crippen molar-refractivity contribution in [3.63, 3.8) is 0 Å². The van der Waals surface area contributed by atoms with E-state index < -0.39 is 11.2 Å². The van der Waals surface area contributed by atoms with Crippen LogP contribution in [0.2, 0.25) is 0 Å². The number of hydrogen-bond donors (Lipinski definition) is 1.